The van der Waals surface area contributed by atoms with Crippen LogP contribution in [0.5, 0.6) is 0 Å². The number of hydrogen-bond acceptors (Lipinski definition) is 4. The first-order valence-electron chi connectivity index (χ1n) is 8.46. The van der Waals surface area contributed by atoms with Crippen molar-refractivity contribution in [1.82, 2.24) is 20.5 Å². The smallest absolute Gasteiger partial charge is 0.272 e. The summed E-state index contributed by atoms with van der Waals surface area (Å²) in [7, 11) is 0. The average molecular weight is 328 g/mol. The molecule has 1 amide bonds. The van der Waals surface area contributed by atoms with E-state index in [1.54, 1.807) is 6.20 Å². The van der Waals surface area contributed by atoms with E-state index < -0.39 is 0 Å². The molecule has 0 saturated carbocycles. The Morgan fingerprint density at radius 2 is 2.29 bits per heavy atom. The minimum atomic E-state index is -0.111. The van der Waals surface area contributed by atoms with Crippen LogP contribution >= 0.6 is 0 Å². The topological polar surface area (TPSA) is 79.9 Å². The van der Waals surface area contributed by atoms with Crippen LogP contribution in [0.25, 0.3) is 0 Å². The first kappa shape index (κ1) is 16.6. The van der Waals surface area contributed by atoms with Crippen molar-refractivity contribution < 1.29 is 9.53 Å². The van der Waals surface area contributed by atoms with Crippen LogP contribution in [0.4, 0.5) is 0 Å². The zero-order valence-electron chi connectivity index (χ0n) is 14.4. The van der Waals surface area contributed by atoms with E-state index in [2.05, 4.69) is 27.4 Å². The lowest BCUT2D eigenvalue weighted by molar-refractivity contribution is -0.00697. The maximum atomic E-state index is 12.4. The second kappa shape index (κ2) is 7.13. The van der Waals surface area contributed by atoms with Crippen LogP contribution in [0, 0.1) is 6.92 Å². The highest BCUT2D eigenvalue weighted by Gasteiger charge is 2.29. The maximum Gasteiger partial charge on any atom is 0.272 e. The molecule has 3 heterocycles. The van der Waals surface area contributed by atoms with Gasteiger partial charge in [-0.15, -0.1) is 0 Å². The Bertz CT molecular complexity index is 726. The van der Waals surface area contributed by atoms with Gasteiger partial charge in [-0.25, -0.2) is 0 Å². The van der Waals surface area contributed by atoms with Gasteiger partial charge in [0.05, 0.1) is 17.9 Å². The van der Waals surface area contributed by atoms with Crippen molar-refractivity contribution in [1.29, 1.82) is 0 Å². The van der Waals surface area contributed by atoms with Crippen LogP contribution in [0.2, 0.25) is 0 Å². The molecule has 2 atom stereocenters. The predicted molar refractivity (Wildman–Crippen MR) is 90.9 cm³/mol. The van der Waals surface area contributed by atoms with Crippen LogP contribution in [0.3, 0.4) is 0 Å². The number of carbonyl (C=O) groups excluding carboxylic acids is 1. The lowest BCUT2D eigenvalue weighted by atomic mass is 9.99. The molecule has 2 aromatic heterocycles. The number of carbonyl (C=O) groups is 1. The number of amides is 1. The van der Waals surface area contributed by atoms with Crippen molar-refractivity contribution in [3.63, 3.8) is 0 Å². The Balaban J connectivity index is 1.56. The SMILES string of the molecule is Cc1cnccc1CCCNC(=O)c1n[nH]c2c1C[C@@H](C)O[C@H]2C. The largest absolute Gasteiger partial charge is 0.369 e. The van der Waals surface area contributed by atoms with Gasteiger partial charge in [0.15, 0.2) is 5.69 Å². The quantitative estimate of drug-likeness (QED) is 0.827. The van der Waals surface area contributed by atoms with E-state index in [1.165, 1.54) is 11.1 Å². The number of aryl methyl sites for hydroxylation is 2. The Hall–Kier alpha value is -2.21. The second-order valence-electron chi connectivity index (χ2n) is 6.42. The highest BCUT2D eigenvalue weighted by Crippen LogP contribution is 2.29. The number of aromatic nitrogens is 3. The van der Waals surface area contributed by atoms with E-state index in [9.17, 15) is 4.79 Å². The summed E-state index contributed by atoms with van der Waals surface area (Å²) in [5.74, 6) is -0.111. The van der Waals surface area contributed by atoms with E-state index in [4.69, 9.17) is 4.74 Å². The van der Waals surface area contributed by atoms with Crippen LogP contribution in [-0.4, -0.2) is 33.7 Å². The summed E-state index contributed by atoms with van der Waals surface area (Å²) in [6, 6.07) is 2.03. The number of fused-ring (bicyclic) bond motifs is 1. The zero-order valence-corrected chi connectivity index (χ0v) is 14.4. The average Bonchev–Trinajstić information content (AvgIpc) is 2.97. The monoisotopic (exact) mass is 328 g/mol. The van der Waals surface area contributed by atoms with Crippen LogP contribution in [0.1, 0.15) is 59.2 Å². The number of pyridine rings is 1. The lowest BCUT2D eigenvalue weighted by Crippen LogP contribution is -2.28. The molecule has 0 aliphatic carbocycles. The molecule has 0 unspecified atom stereocenters. The molecule has 0 bridgehead atoms. The molecule has 0 radical (unpaired) electrons. The van der Waals surface area contributed by atoms with Crippen LogP contribution < -0.4 is 5.32 Å². The summed E-state index contributed by atoms with van der Waals surface area (Å²) in [4.78, 5) is 16.5. The van der Waals surface area contributed by atoms with Crippen molar-refractivity contribution in [2.75, 3.05) is 6.54 Å². The van der Waals surface area contributed by atoms with Gasteiger partial charge in [0.25, 0.3) is 5.91 Å². The minimum Gasteiger partial charge on any atom is -0.369 e. The normalized spacial score (nSPS) is 19.8. The number of nitrogens with zero attached hydrogens (tertiary/aromatic N) is 2. The maximum absolute atomic E-state index is 12.4. The van der Waals surface area contributed by atoms with Crippen LogP contribution in [-0.2, 0) is 17.6 Å². The van der Waals surface area contributed by atoms with Crippen molar-refractivity contribution in [3.05, 3.63) is 46.5 Å². The molecule has 1 aliphatic rings. The first-order chi connectivity index (χ1) is 11.6. The van der Waals surface area contributed by atoms with Gasteiger partial charge in [-0.2, -0.15) is 5.10 Å². The highest BCUT2D eigenvalue weighted by atomic mass is 16.5. The zero-order chi connectivity index (χ0) is 17.1. The van der Waals surface area contributed by atoms with E-state index >= 15 is 0 Å². The number of hydrogen-bond donors (Lipinski definition) is 2. The number of H-pyrrole nitrogens is 1. The van der Waals surface area contributed by atoms with Gasteiger partial charge in [0, 0.05) is 30.9 Å². The highest BCUT2D eigenvalue weighted by molar-refractivity contribution is 5.94. The van der Waals surface area contributed by atoms with Gasteiger partial charge < -0.3 is 10.1 Å². The third-order valence-electron chi connectivity index (χ3n) is 4.49. The van der Waals surface area contributed by atoms with E-state index in [0.717, 1.165) is 30.5 Å². The van der Waals surface area contributed by atoms with Gasteiger partial charge in [0.1, 0.15) is 0 Å². The molecule has 0 aromatic carbocycles. The predicted octanol–water partition coefficient (Wildman–Crippen LogP) is 2.50. The second-order valence-corrected chi connectivity index (χ2v) is 6.42. The minimum absolute atomic E-state index is 0.0486. The van der Waals surface area contributed by atoms with Crippen molar-refractivity contribution in [2.24, 2.45) is 0 Å². The summed E-state index contributed by atoms with van der Waals surface area (Å²) in [5, 5.41) is 10.1. The Morgan fingerprint density at radius 3 is 3.08 bits per heavy atom. The molecule has 0 spiro atoms. The summed E-state index contributed by atoms with van der Waals surface area (Å²) in [5.41, 5.74) is 4.88. The van der Waals surface area contributed by atoms with Crippen molar-refractivity contribution in [2.45, 2.75) is 52.2 Å². The van der Waals surface area contributed by atoms with Gasteiger partial charge in [0.2, 0.25) is 0 Å². The Morgan fingerprint density at radius 1 is 1.46 bits per heavy atom. The third-order valence-corrected chi connectivity index (χ3v) is 4.49. The Labute approximate surface area is 142 Å². The molecule has 1 aliphatic heterocycles. The van der Waals surface area contributed by atoms with Gasteiger partial charge in [-0.3, -0.25) is 14.9 Å². The summed E-state index contributed by atoms with van der Waals surface area (Å²) in [6.07, 6.45) is 6.26. The number of nitrogens with one attached hydrogen (secondary N) is 2. The van der Waals surface area contributed by atoms with E-state index in [-0.39, 0.29) is 18.1 Å². The fourth-order valence-corrected chi connectivity index (χ4v) is 3.21. The van der Waals surface area contributed by atoms with E-state index in [0.29, 0.717) is 12.2 Å². The standard InChI is InChI=1S/C18H24N4O2/c1-11-10-19-8-6-14(11)5-4-7-20-18(23)17-15-9-12(2)24-13(3)16(15)21-22-17/h6,8,10,12-13H,4-5,7,9H2,1-3H3,(H,20,23)(H,21,22)/t12-,13+/m1/s1. The third kappa shape index (κ3) is 3.48. The molecule has 0 fully saturated rings. The van der Waals surface area contributed by atoms with Crippen LogP contribution in [0.15, 0.2) is 18.5 Å². The molecular weight excluding hydrogens is 304 g/mol. The molecule has 2 N–H and O–H groups in total. The van der Waals surface area contributed by atoms with Crippen molar-refractivity contribution >= 4 is 5.91 Å². The van der Waals surface area contributed by atoms with Gasteiger partial charge in [-0.1, -0.05) is 0 Å². The molecule has 24 heavy (non-hydrogen) atoms. The van der Waals surface area contributed by atoms with Gasteiger partial charge >= 0.3 is 0 Å². The summed E-state index contributed by atoms with van der Waals surface area (Å²) in [6.45, 7) is 6.68. The van der Waals surface area contributed by atoms with Gasteiger partial charge in [-0.05, 0) is 50.8 Å². The Kier molecular flexibility index (Phi) is 4.94. The summed E-state index contributed by atoms with van der Waals surface area (Å²) < 4.78 is 5.76. The van der Waals surface area contributed by atoms with Crippen molar-refractivity contribution in [3.8, 4) is 0 Å². The number of ether oxygens (including phenoxy) is 1. The summed E-state index contributed by atoms with van der Waals surface area (Å²) >= 11 is 0. The number of aromatic amines is 1. The molecule has 3 rings (SSSR count). The lowest BCUT2D eigenvalue weighted by Gasteiger charge is -2.25. The molecule has 6 nitrogen and oxygen atoms in total. The van der Waals surface area contributed by atoms with E-state index in [1.807, 2.05) is 26.1 Å². The molecule has 2 aromatic rings. The molecular formula is C18H24N4O2. The molecule has 6 heteroatoms. The fraction of sp³-hybridized carbons (Fsp3) is 0.500. The molecule has 0 saturated heterocycles. The first-order valence-corrected chi connectivity index (χ1v) is 8.46. The fourth-order valence-electron chi connectivity index (χ4n) is 3.21. The molecule has 128 valence electrons. The number of rotatable bonds is 5.